The zero-order valence-corrected chi connectivity index (χ0v) is 12.7. The SMILES string of the molecule is COc1ccc2ccnc(N3CCC(C)C(CN)C3)c2c1. The van der Waals surface area contributed by atoms with Crippen molar-refractivity contribution >= 4 is 16.6 Å². The number of nitrogens with zero attached hydrogens (tertiary/aromatic N) is 2. The van der Waals surface area contributed by atoms with Gasteiger partial charge < -0.3 is 15.4 Å². The second-order valence-corrected chi connectivity index (χ2v) is 5.93. The third-order valence-corrected chi connectivity index (χ3v) is 4.67. The lowest BCUT2D eigenvalue weighted by Crippen LogP contribution is -2.43. The Bertz CT molecular complexity index is 628. The minimum Gasteiger partial charge on any atom is -0.497 e. The molecule has 4 heteroatoms. The molecule has 2 unspecified atom stereocenters. The molecule has 1 aliphatic heterocycles. The van der Waals surface area contributed by atoms with Crippen molar-refractivity contribution in [2.75, 3.05) is 31.6 Å². The molecular weight excluding hydrogens is 262 g/mol. The molecule has 1 aliphatic rings. The highest BCUT2D eigenvalue weighted by atomic mass is 16.5. The van der Waals surface area contributed by atoms with E-state index in [1.807, 2.05) is 18.3 Å². The van der Waals surface area contributed by atoms with Gasteiger partial charge in [0.15, 0.2) is 0 Å². The third kappa shape index (κ3) is 2.68. The van der Waals surface area contributed by atoms with Crippen molar-refractivity contribution in [1.29, 1.82) is 0 Å². The van der Waals surface area contributed by atoms with Crippen LogP contribution in [-0.4, -0.2) is 31.7 Å². The lowest BCUT2D eigenvalue weighted by atomic mass is 9.87. The summed E-state index contributed by atoms with van der Waals surface area (Å²) < 4.78 is 5.36. The summed E-state index contributed by atoms with van der Waals surface area (Å²) in [7, 11) is 1.70. The maximum atomic E-state index is 5.93. The first kappa shape index (κ1) is 14.1. The quantitative estimate of drug-likeness (QED) is 0.942. The Morgan fingerprint density at radius 3 is 3.00 bits per heavy atom. The van der Waals surface area contributed by atoms with E-state index in [-0.39, 0.29) is 0 Å². The fraction of sp³-hybridized carbons (Fsp3) is 0.471. The van der Waals surface area contributed by atoms with E-state index < -0.39 is 0 Å². The molecule has 1 fully saturated rings. The molecular formula is C17H23N3O. The minimum absolute atomic E-state index is 0.543. The predicted molar refractivity (Wildman–Crippen MR) is 86.8 cm³/mol. The minimum atomic E-state index is 0.543. The van der Waals surface area contributed by atoms with Crippen LogP contribution in [0.3, 0.4) is 0 Å². The number of rotatable bonds is 3. The summed E-state index contributed by atoms with van der Waals surface area (Å²) in [5.41, 5.74) is 5.93. The van der Waals surface area contributed by atoms with E-state index >= 15 is 0 Å². The standard InChI is InChI=1S/C17H23N3O/c1-12-6-8-20(11-14(12)10-18)17-16-9-15(21-2)4-3-13(16)5-7-19-17/h3-5,7,9,12,14H,6,8,10-11,18H2,1-2H3. The molecule has 0 amide bonds. The molecule has 1 saturated heterocycles. The van der Waals surface area contributed by atoms with Gasteiger partial charge in [0.05, 0.1) is 7.11 Å². The Labute approximate surface area is 125 Å². The van der Waals surface area contributed by atoms with E-state index in [1.54, 1.807) is 7.11 Å². The fourth-order valence-electron chi connectivity index (χ4n) is 3.16. The maximum Gasteiger partial charge on any atom is 0.136 e. The monoisotopic (exact) mass is 285 g/mol. The highest BCUT2D eigenvalue weighted by Gasteiger charge is 2.26. The van der Waals surface area contributed by atoms with E-state index in [1.165, 1.54) is 11.8 Å². The first-order chi connectivity index (χ1) is 10.2. The van der Waals surface area contributed by atoms with Crippen molar-refractivity contribution in [1.82, 2.24) is 4.98 Å². The van der Waals surface area contributed by atoms with E-state index in [0.717, 1.165) is 36.6 Å². The summed E-state index contributed by atoms with van der Waals surface area (Å²) in [5.74, 6) is 3.16. The van der Waals surface area contributed by atoms with E-state index in [0.29, 0.717) is 11.8 Å². The van der Waals surface area contributed by atoms with Gasteiger partial charge in [-0.15, -0.1) is 0 Å². The molecule has 0 saturated carbocycles. The average molecular weight is 285 g/mol. The van der Waals surface area contributed by atoms with Crippen molar-refractivity contribution < 1.29 is 4.74 Å². The lowest BCUT2D eigenvalue weighted by Gasteiger charge is -2.37. The van der Waals surface area contributed by atoms with E-state index in [4.69, 9.17) is 10.5 Å². The van der Waals surface area contributed by atoms with Gasteiger partial charge in [0, 0.05) is 24.7 Å². The first-order valence-corrected chi connectivity index (χ1v) is 7.60. The number of hydrogen-bond donors (Lipinski definition) is 1. The number of nitrogens with two attached hydrogens (primary N) is 1. The fourth-order valence-corrected chi connectivity index (χ4v) is 3.16. The van der Waals surface area contributed by atoms with Gasteiger partial charge in [-0.1, -0.05) is 13.0 Å². The van der Waals surface area contributed by atoms with Crippen molar-refractivity contribution in [3.8, 4) is 5.75 Å². The molecule has 3 rings (SSSR count). The number of benzene rings is 1. The largest absolute Gasteiger partial charge is 0.497 e. The lowest BCUT2D eigenvalue weighted by molar-refractivity contribution is 0.307. The van der Waals surface area contributed by atoms with Crippen LogP contribution in [-0.2, 0) is 0 Å². The van der Waals surface area contributed by atoms with Gasteiger partial charge in [0.1, 0.15) is 11.6 Å². The number of methoxy groups -OCH3 is 1. The number of hydrogen-bond acceptors (Lipinski definition) is 4. The van der Waals surface area contributed by atoms with Crippen LogP contribution in [0.25, 0.3) is 10.8 Å². The van der Waals surface area contributed by atoms with E-state index in [9.17, 15) is 0 Å². The Morgan fingerprint density at radius 1 is 1.38 bits per heavy atom. The van der Waals surface area contributed by atoms with Crippen LogP contribution in [0.15, 0.2) is 30.5 Å². The molecule has 2 heterocycles. The summed E-state index contributed by atoms with van der Waals surface area (Å²) in [6.45, 7) is 5.07. The van der Waals surface area contributed by atoms with Crippen molar-refractivity contribution in [3.63, 3.8) is 0 Å². The van der Waals surface area contributed by atoms with Gasteiger partial charge in [-0.25, -0.2) is 4.98 Å². The molecule has 4 nitrogen and oxygen atoms in total. The predicted octanol–water partition coefficient (Wildman–Crippen LogP) is 2.66. The molecule has 0 bridgehead atoms. The van der Waals surface area contributed by atoms with Crippen LogP contribution in [0.4, 0.5) is 5.82 Å². The number of ether oxygens (including phenoxy) is 1. The zero-order chi connectivity index (χ0) is 14.8. The van der Waals surface area contributed by atoms with Crippen molar-refractivity contribution in [3.05, 3.63) is 30.5 Å². The van der Waals surface area contributed by atoms with Gasteiger partial charge in [0.25, 0.3) is 0 Å². The van der Waals surface area contributed by atoms with E-state index in [2.05, 4.69) is 28.9 Å². The maximum absolute atomic E-state index is 5.93. The van der Waals surface area contributed by atoms with Gasteiger partial charge in [-0.2, -0.15) is 0 Å². The Balaban J connectivity index is 1.99. The third-order valence-electron chi connectivity index (χ3n) is 4.67. The number of pyridine rings is 1. The normalized spacial score (nSPS) is 22.5. The smallest absolute Gasteiger partial charge is 0.136 e. The number of fused-ring (bicyclic) bond motifs is 1. The Hall–Kier alpha value is -1.81. The summed E-state index contributed by atoms with van der Waals surface area (Å²) >= 11 is 0. The molecule has 2 N–H and O–H groups in total. The Morgan fingerprint density at radius 2 is 2.24 bits per heavy atom. The van der Waals surface area contributed by atoms with Crippen LogP contribution < -0.4 is 15.4 Å². The van der Waals surface area contributed by atoms with Crippen LogP contribution in [0.5, 0.6) is 5.75 Å². The molecule has 2 aromatic rings. The summed E-state index contributed by atoms with van der Waals surface area (Å²) in [4.78, 5) is 7.00. The molecule has 2 atom stereocenters. The highest BCUT2D eigenvalue weighted by molar-refractivity contribution is 5.93. The average Bonchev–Trinajstić information content (AvgIpc) is 2.54. The van der Waals surface area contributed by atoms with Crippen molar-refractivity contribution in [2.24, 2.45) is 17.6 Å². The second-order valence-electron chi connectivity index (χ2n) is 5.93. The molecule has 112 valence electrons. The number of aromatic nitrogens is 1. The van der Waals surface area contributed by atoms with Crippen LogP contribution in [0.2, 0.25) is 0 Å². The van der Waals surface area contributed by atoms with Crippen LogP contribution in [0, 0.1) is 11.8 Å². The number of piperidine rings is 1. The van der Waals surface area contributed by atoms with Crippen LogP contribution in [0.1, 0.15) is 13.3 Å². The number of anilines is 1. The van der Waals surface area contributed by atoms with Gasteiger partial charge in [-0.05, 0) is 48.4 Å². The summed E-state index contributed by atoms with van der Waals surface area (Å²) in [5, 5.41) is 2.35. The molecule has 0 spiro atoms. The molecule has 0 radical (unpaired) electrons. The van der Waals surface area contributed by atoms with Crippen LogP contribution >= 0.6 is 0 Å². The first-order valence-electron chi connectivity index (χ1n) is 7.60. The van der Waals surface area contributed by atoms with Gasteiger partial charge in [-0.3, -0.25) is 0 Å². The molecule has 21 heavy (non-hydrogen) atoms. The molecule has 1 aromatic heterocycles. The highest BCUT2D eigenvalue weighted by Crippen LogP contribution is 2.32. The zero-order valence-electron chi connectivity index (χ0n) is 12.7. The van der Waals surface area contributed by atoms with Gasteiger partial charge in [0.2, 0.25) is 0 Å². The Kier molecular flexibility index (Phi) is 3.97. The summed E-state index contributed by atoms with van der Waals surface area (Å²) in [6.07, 6.45) is 3.06. The summed E-state index contributed by atoms with van der Waals surface area (Å²) in [6, 6.07) is 8.21. The second kappa shape index (κ2) is 5.90. The molecule has 1 aromatic carbocycles. The van der Waals surface area contributed by atoms with Gasteiger partial charge >= 0.3 is 0 Å². The topological polar surface area (TPSA) is 51.4 Å². The van der Waals surface area contributed by atoms with Crippen molar-refractivity contribution in [2.45, 2.75) is 13.3 Å². The molecule has 0 aliphatic carbocycles.